The Morgan fingerprint density at radius 2 is 1.48 bits per heavy atom. The van der Waals surface area contributed by atoms with Gasteiger partial charge in [0.05, 0.1) is 35.0 Å². The first kappa shape index (κ1) is 22.2. The highest BCUT2D eigenvalue weighted by molar-refractivity contribution is 5.79. The summed E-state index contributed by atoms with van der Waals surface area (Å²) in [6.07, 6.45) is 0. The molecule has 2 aromatic carbocycles. The lowest BCUT2D eigenvalue weighted by Gasteiger charge is -2.15. The average Bonchev–Trinajstić information content (AvgIpc) is 2.74. The van der Waals surface area contributed by atoms with E-state index in [0.717, 1.165) is 34.9 Å². The monoisotopic (exact) mass is 401 g/mol. The van der Waals surface area contributed by atoms with Gasteiger partial charge in [0, 0.05) is 13.1 Å². The van der Waals surface area contributed by atoms with Crippen molar-refractivity contribution >= 4 is 5.96 Å². The van der Waals surface area contributed by atoms with Crippen molar-refractivity contribution in [2.75, 3.05) is 35.0 Å². The summed E-state index contributed by atoms with van der Waals surface area (Å²) in [5, 5.41) is 6.63. The summed E-state index contributed by atoms with van der Waals surface area (Å²) in [4.78, 5) is 4.68. The molecule has 2 rings (SSSR count). The standard InChI is InChI=1S/C22H31N3O4/c1-7-23-22(24-13-16-8-9-18(26-3)15(2)10-16)25-14-17-11-19(27-4)21(29-6)20(12-17)28-5/h8-12H,7,13-14H2,1-6H3,(H2,23,24,25). The Labute approximate surface area is 173 Å². The fourth-order valence-corrected chi connectivity index (χ4v) is 2.98. The molecule has 0 aliphatic carbocycles. The molecule has 0 fully saturated rings. The van der Waals surface area contributed by atoms with Gasteiger partial charge in [-0.05, 0) is 48.7 Å². The van der Waals surface area contributed by atoms with E-state index >= 15 is 0 Å². The molecule has 0 unspecified atom stereocenters. The molecule has 7 nitrogen and oxygen atoms in total. The molecule has 0 saturated carbocycles. The lowest BCUT2D eigenvalue weighted by atomic mass is 10.1. The summed E-state index contributed by atoms with van der Waals surface area (Å²) in [6, 6.07) is 9.94. The Morgan fingerprint density at radius 1 is 0.828 bits per heavy atom. The Kier molecular flexibility index (Phi) is 8.45. The van der Waals surface area contributed by atoms with Gasteiger partial charge in [0.15, 0.2) is 17.5 Å². The molecule has 29 heavy (non-hydrogen) atoms. The number of guanidine groups is 1. The summed E-state index contributed by atoms with van der Waals surface area (Å²) in [7, 11) is 6.48. The van der Waals surface area contributed by atoms with Crippen LogP contribution in [0.1, 0.15) is 23.6 Å². The van der Waals surface area contributed by atoms with Crippen LogP contribution in [0.25, 0.3) is 0 Å². The third-order valence-electron chi connectivity index (χ3n) is 4.41. The van der Waals surface area contributed by atoms with E-state index in [1.807, 2.05) is 38.1 Å². The number of hydrogen-bond acceptors (Lipinski definition) is 5. The third kappa shape index (κ3) is 5.94. The number of nitrogens with zero attached hydrogens (tertiary/aromatic N) is 1. The van der Waals surface area contributed by atoms with Crippen LogP contribution in [0.3, 0.4) is 0 Å². The van der Waals surface area contributed by atoms with Gasteiger partial charge in [0.2, 0.25) is 5.75 Å². The fraction of sp³-hybridized carbons (Fsp3) is 0.409. The van der Waals surface area contributed by atoms with E-state index in [4.69, 9.17) is 18.9 Å². The summed E-state index contributed by atoms with van der Waals surface area (Å²) in [5.74, 6) is 3.42. The Balaban J connectivity index is 2.13. The Morgan fingerprint density at radius 3 is 2.00 bits per heavy atom. The van der Waals surface area contributed by atoms with Crippen molar-refractivity contribution in [3.8, 4) is 23.0 Å². The molecule has 0 aliphatic heterocycles. The first-order chi connectivity index (χ1) is 14.1. The number of benzene rings is 2. The van der Waals surface area contributed by atoms with Crippen LogP contribution in [0.4, 0.5) is 0 Å². The van der Waals surface area contributed by atoms with Crippen molar-refractivity contribution in [2.45, 2.75) is 26.9 Å². The van der Waals surface area contributed by atoms with E-state index in [2.05, 4.69) is 21.7 Å². The minimum atomic E-state index is 0.466. The van der Waals surface area contributed by atoms with Gasteiger partial charge in [0.25, 0.3) is 0 Å². The van der Waals surface area contributed by atoms with E-state index < -0.39 is 0 Å². The molecular weight excluding hydrogens is 370 g/mol. The summed E-state index contributed by atoms with van der Waals surface area (Å²) in [6.45, 7) is 5.96. The molecule has 0 aliphatic rings. The van der Waals surface area contributed by atoms with Crippen LogP contribution in [0.5, 0.6) is 23.0 Å². The highest BCUT2D eigenvalue weighted by Gasteiger charge is 2.13. The molecule has 0 radical (unpaired) electrons. The van der Waals surface area contributed by atoms with E-state index in [1.54, 1.807) is 28.4 Å². The molecule has 2 N–H and O–H groups in total. The molecule has 7 heteroatoms. The van der Waals surface area contributed by atoms with E-state index in [0.29, 0.717) is 30.3 Å². The smallest absolute Gasteiger partial charge is 0.203 e. The van der Waals surface area contributed by atoms with Gasteiger partial charge in [-0.25, -0.2) is 4.99 Å². The predicted molar refractivity (Wildman–Crippen MR) is 115 cm³/mol. The average molecular weight is 402 g/mol. The van der Waals surface area contributed by atoms with Crippen LogP contribution in [0, 0.1) is 6.92 Å². The number of methoxy groups -OCH3 is 4. The number of aryl methyl sites for hydroxylation is 1. The lowest BCUT2D eigenvalue weighted by Crippen LogP contribution is -2.36. The largest absolute Gasteiger partial charge is 0.496 e. The van der Waals surface area contributed by atoms with E-state index in [-0.39, 0.29) is 0 Å². The lowest BCUT2D eigenvalue weighted by molar-refractivity contribution is 0.324. The number of aliphatic imine (C=N–C) groups is 1. The second-order valence-corrected chi connectivity index (χ2v) is 6.39. The highest BCUT2D eigenvalue weighted by atomic mass is 16.5. The van der Waals surface area contributed by atoms with Gasteiger partial charge in [0.1, 0.15) is 5.75 Å². The van der Waals surface area contributed by atoms with Crippen LogP contribution in [0.15, 0.2) is 35.3 Å². The van der Waals surface area contributed by atoms with Crippen LogP contribution >= 0.6 is 0 Å². The minimum Gasteiger partial charge on any atom is -0.496 e. The molecule has 0 saturated heterocycles. The SMILES string of the molecule is CCNC(=NCc1cc(OC)c(OC)c(OC)c1)NCc1ccc(OC)c(C)c1. The van der Waals surface area contributed by atoms with Crippen molar-refractivity contribution < 1.29 is 18.9 Å². The zero-order chi connectivity index (χ0) is 21.2. The quantitative estimate of drug-likeness (QED) is 0.496. The highest BCUT2D eigenvalue weighted by Crippen LogP contribution is 2.38. The van der Waals surface area contributed by atoms with Gasteiger partial charge < -0.3 is 29.6 Å². The molecule has 0 heterocycles. The summed E-state index contributed by atoms with van der Waals surface area (Å²) >= 11 is 0. The number of rotatable bonds is 9. The van der Waals surface area contributed by atoms with Gasteiger partial charge in [-0.3, -0.25) is 0 Å². The predicted octanol–water partition coefficient (Wildman–Crippen LogP) is 3.28. The molecule has 0 spiro atoms. The Hall–Kier alpha value is -3.09. The van der Waals surface area contributed by atoms with Crippen LogP contribution in [-0.4, -0.2) is 40.9 Å². The van der Waals surface area contributed by atoms with Crippen molar-refractivity contribution in [2.24, 2.45) is 4.99 Å². The molecule has 0 aromatic heterocycles. The number of nitrogens with one attached hydrogen (secondary N) is 2. The first-order valence-electron chi connectivity index (χ1n) is 9.50. The molecular formula is C22H31N3O4. The van der Waals surface area contributed by atoms with Crippen LogP contribution < -0.4 is 29.6 Å². The van der Waals surface area contributed by atoms with Crippen molar-refractivity contribution in [3.63, 3.8) is 0 Å². The molecule has 0 bridgehead atoms. The van der Waals surface area contributed by atoms with Gasteiger partial charge in [-0.1, -0.05) is 12.1 Å². The molecule has 0 amide bonds. The second kappa shape index (κ2) is 11.0. The molecule has 2 aromatic rings. The topological polar surface area (TPSA) is 73.3 Å². The maximum absolute atomic E-state index is 5.41. The van der Waals surface area contributed by atoms with Gasteiger partial charge >= 0.3 is 0 Å². The number of hydrogen-bond donors (Lipinski definition) is 2. The van der Waals surface area contributed by atoms with Crippen molar-refractivity contribution in [1.29, 1.82) is 0 Å². The fourth-order valence-electron chi connectivity index (χ4n) is 2.98. The molecule has 0 atom stereocenters. The van der Waals surface area contributed by atoms with Crippen molar-refractivity contribution in [1.82, 2.24) is 10.6 Å². The van der Waals surface area contributed by atoms with Crippen LogP contribution in [-0.2, 0) is 13.1 Å². The summed E-state index contributed by atoms with van der Waals surface area (Å²) in [5.41, 5.74) is 3.21. The van der Waals surface area contributed by atoms with E-state index in [1.165, 1.54) is 0 Å². The number of ether oxygens (including phenoxy) is 4. The maximum atomic E-state index is 5.41. The normalized spacial score (nSPS) is 11.0. The zero-order valence-electron chi connectivity index (χ0n) is 18.1. The zero-order valence-corrected chi connectivity index (χ0v) is 18.1. The third-order valence-corrected chi connectivity index (χ3v) is 4.41. The first-order valence-corrected chi connectivity index (χ1v) is 9.50. The second-order valence-electron chi connectivity index (χ2n) is 6.39. The maximum Gasteiger partial charge on any atom is 0.203 e. The van der Waals surface area contributed by atoms with Crippen LogP contribution in [0.2, 0.25) is 0 Å². The molecule has 158 valence electrons. The Bertz CT molecular complexity index is 812. The van der Waals surface area contributed by atoms with Crippen molar-refractivity contribution in [3.05, 3.63) is 47.0 Å². The van der Waals surface area contributed by atoms with Gasteiger partial charge in [-0.2, -0.15) is 0 Å². The van der Waals surface area contributed by atoms with E-state index in [9.17, 15) is 0 Å². The summed E-state index contributed by atoms with van der Waals surface area (Å²) < 4.78 is 21.5. The minimum absolute atomic E-state index is 0.466. The van der Waals surface area contributed by atoms with Gasteiger partial charge in [-0.15, -0.1) is 0 Å².